The number of carbonyl (C=O) groups is 1. The number of carbonyl (C=O) groups excluding carboxylic acids is 1. The molecule has 0 aliphatic rings. The van der Waals surface area contributed by atoms with E-state index in [1.807, 2.05) is 54.1 Å². The van der Waals surface area contributed by atoms with E-state index in [0.717, 1.165) is 11.4 Å². The summed E-state index contributed by atoms with van der Waals surface area (Å²) in [5.74, 6) is 1.30. The molecule has 0 spiro atoms. The van der Waals surface area contributed by atoms with Gasteiger partial charge in [0.15, 0.2) is 11.0 Å². The molecule has 1 amide bonds. The molecule has 2 aromatic carbocycles. The van der Waals surface area contributed by atoms with Gasteiger partial charge in [0, 0.05) is 24.2 Å². The van der Waals surface area contributed by atoms with Crippen LogP contribution in [0.1, 0.15) is 18.4 Å². The molecule has 1 atom stereocenters. The van der Waals surface area contributed by atoms with Crippen LogP contribution in [-0.4, -0.2) is 33.0 Å². The lowest BCUT2D eigenvalue weighted by Crippen LogP contribution is -2.29. The van der Waals surface area contributed by atoms with Crippen molar-refractivity contribution in [3.8, 4) is 11.4 Å². The zero-order valence-electron chi connectivity index (χ0n) is 15.2. The van der Waals surface area contributed by atoms with Crippen molar-refractivity contribution in [1.29, 1.82) is 0 Å². The molecule has 27 heavy (non-hydrogen) atoms. The maximum atomic E-state index is 12.2. The van der Waals surface area contributed by atoms with Crippen LogP contribution < -0.4 is 5.32 Å². The van der Waals surface area contributed by atoms with Crippen LogP contribution in [0.3, 0.4) is 0 Å². The lowest BCUT2D eigenvalue weighted by atomic mass is 10.0. The Balaban J connectivity index is 1.53. The smallest absolute Gasteiger partial charge is 0.230 e. The minimum atomic E-state index is -0.0150. The van der Waals surface area contributed by atoms with E-state index in [-0.39, 0.29) is 11.8 Å². The van der Waals surface area contributed by atoms with Gasteiger partial charge in [-0.3, -0.25) is 4.79 Å². The highest BCUT2D eigenvalue weighted by Gasteiger charge is 2.13. The molecular weight excluding hydrogens is 380 g/mol. The number of hydrogen-bond donors (Lipinski definition) is 1. The molecule has 140 valence electrons. The van der Waals surface area contributed by atoms with Crippen LogP contribution in [0.2, 0.25) is 5.02 Å². The third-order valence-corrected chi connectivity index (χ3v) is 5.52. The van der Waals surface area contributed by atoms with Crippen LogP contribution >= 0.6 is 23.4 Å². The van der Waals surface area contributed by atoms with Gasteiger partial charge in [-0.15, -0.1) is 10.2 Å². The first-order valence-corrected chi connectivity index (χ1v) is 10.0. The molecule has 0 saturated carbocycles. The number of halogens is 1. The fourth-order valence-electron chi connectivity index (χ4n) is 2.64. The third-order valence-electron chi connectivity index (χ3n) is 4.24. The number of benzene rings is 2. The summed E-state index contributed by atoms with van der Waals surface area (Å²) < 4.78 is 1.88. The molecular formula is C20H21ClN4OS. The summed E-state index contributed by atoms with van der Waals surface area (Å²) >= 11 is 7.30. The Kier molecular flexibility index (Phi) is 6.53. The number of thioether (sulfide) groups is 1. The van der Waals surface area contributed by atoms with Crippen molar-refractivity contribution < 1.29 is 4.79 Å². The van der Waals surface area contributed by atoms with Crippen LogP contribution in [0, 0.1) is 0 Å². The van der Waals surface area contributed by atoms with Crippen LogP contribution in [-0.2, 0) is 11.8 Å². The van der Waals surface area contributed by atoms with Gasteiger partial charge in [0.2, 0.25) is 5.91 Å². The van der Waals surface area contributed by atoms with E-state index >= 15 is 0 Å². The number of nitrogens with one attached hydrogen (secondary N) is 1. The molecule has 3 rings (SSSR count). The second-order valence-corrected chi connectivity index (χ2v) is 7.66. The Morgan fingerprint density at radius 1 is 1.15 bits per heavy atom. The van der Waals surface area contributed by atoms with Crippen molar-refractivity contribution >= 4 is 29.3 Å². The predicted molar refractivity (Wildman–Crippen MR) is 110 cm³/mol. The summed E-state index contributed by atoms with van der Waals surface area (Å²) in [6.07, 6.45) is 0. The first-order chi connectivity index (χ1) is 13.0. The highest BCUT2D eigenvalue weighted by molar-refractivity contribution is 7.99. The van der Waals surface area contributed by atoms with Crippen molar-refractivity contribution in [3.05, 3.63) is 65.2 Å². The highest BCUT2D eigenvalue weighted by atomic mass is 35.5. The number of nitrogens with zero attached hydrogens (tertiary/aromatic N) is 3. The van der Waals surface area contributed by atoms with Gasteiger partial charge in [0.25, 0.3) is 0 Å². The Hall–Kier alpha value is -2.31. The molecule has 3 aromatic rings. The van der Waals surface area contributed by atoms with E-state index < -0.39 is 0 Å². The van der Waals surface area contributed by atoms with Gasteiger partial charge >= 0.3 is 0 Å². The Morgan fingerprint density at radius 3 is 2.56 bits per heavy atom. The quantitative estimate of drug-likeness (QED) is 0.605. The van der Waals surface area contributed by atoms with Crippen LogP contribution in [0.5, 0.6) is 0 Å². The average molecular weight is 401 g/mol. The summed E-state index contributed by atoms with van der Waals surface area (Å²) in [6, 6.07) is 17.6. The van der Waals surface area contributed by atoms with Gasteiger partial charge in [-0.1, -0.05) is 60.6 Å². The van der Waals surface area contributed by atoms with Crippen molar-refractivity contribution in [2.24, 2.45) is 7.05 Å². The minimum Gasteiger partial charge on any atom is -0.355 e. The van der Waals surface area contributed by atoms with Crippen molar-refractivity contribution in [2.45, 2.75) is 18.0 Å². The lowest BCUT2D eigenvalue weighted by Gasteiger charge is -2.12. The van der Waals surface area contributed by atoms with Crippen molar-refractivity contribution in [2.75, 3.05) is 12.3 Å². The summed E-state index contributed by atoms with van der Waals surface area (Å²) in [5.41, 5.74) is 2.15. The van der Waals surface area contributed by atoms with E-state index in [9.17, 15) is 4.79 Å². The first-order valence-electron chi connectivity index (χ1n) is 8.64. The largest absolute Gasteiger partial charge is 0.355 e. The predicted octanol–water partition coefficient (Wildman–Crippen LogP) is 4.15. The van der Waals surface area contributed by atoms with Gasteiger partial charge < -0.3 is 9.88 Å². The van der Waals surface area contributed by atoms with Gasteiger partial charge in [-0.05, 0) is 35.7 Å². The summed E-state index contributed by atoms with van der Waals surface area (Å²) in [6.45, 7) is 2.71. The van der Waals surface area contributed by atoms with Gasteiger partial charge in [-0.25, -0.2) is 0 Å². The molecule has 0 fully saturated rings. The summed E-state index contributed by atoms with van der Waals surface area (Å²) in [7, 11) is 1.89. The Morgan fingerprint density at radius 2 is 1.85 bits per heavy atom. The van der Waals surface area contributed by atoms with Gasteiger partial charge in [-0.2, -0.15) is 0 Å². The average Bonchev–Trinajstić information content (AvgIpc) is 3.06. The first kappa shape index (κ1) is 19.5. The number of hydrogen-bond acceptors (Lipinski definition) is 4. The second kappa shape index (κ2) is 9.06. The minimum absolute atomic E-state index is 0.0150. The fourth-order valence-corrected chi connectivity index (χ4v) is 3.51. The standard InChI is InChI=1S/C20H21ClN4OS/c1-14(15-6-4-3-5-7-15)12-22-18(26)13-27-20-24-23-19(25(20)2)16-8-10-17(21)11-9-16/h3-11,14H,12-13H2,1-2H3,(H,22,26)/t14-/m1/s1. The lowest BCUT2D eigenvalue weighted by molar-refractivity contribution is -0.118. The van der Waals surface area contributed by atoms with Gasteiger partial charge in [0.05, 0.1) is 5.75 Å². The molecule has 5 nitrogen and oxygen atoms in total. The molecule has 0 saturated heterocycles. The zero-order chi connectivity index (χ0) is 19.2. The molecule has 0 bridgehead atoms. The third kappa shape index (κ3) is 5.11. The zero-order valence-corrected chi connectivity index (χ0v) is 16.8. The number of rotatable bonds is 7. The SMILES string of the molecule is C[C@H](CNC(=O)CSc1nnc(-c2ccc(Cl)cc2)n1C)c1ccccc1. The molecule has 7 heteroatoms. The molecule has 0 aliphatic carbocycles. The molecule has 1 aromatic heterocycles. The van der Waals surface area contributed by atoms with Crippen LogP contribution in [0.25, 0.3) is 11.4 Å². The number of aromatic nitrogens is 3. The highest BCUT2D eigenvalue weighted by Crippen LogP contribution is 2.23. The maximum Gasteiger partial charge on any atom is 0.230 e. The van der Waals surface area contributed by atoms with E-state index in [1.165, 1.54) is 17.3 Å². The summed E-state index contributed by atoms with van der Waals surface area (Å²) in [5, 5.41) is 12.8. The molecule has 0 radical (unpaired) electrons. The van der Waals surface area contributed by atoms with Gasteiger partial charge in [0.1, 0.15) is 0 Å². The Bertz CT molecular complexity index is 896. The molecule has 0 unspecified atom stereocenters. The van der Waals surface area contributed by atoms with E-state index in [4.69, 9.17) is 11.6 Å². The van der Waals surface area contributed by atoms with E-state index in [0.29, 0.717) is 22.5 Å². The van der Waals surface area contributed by atoms with Crippen LogP contribution in [0.15, 0.2) is 59.8 Å². The fraction of sp³-hybridized carbons (Fsp3) is 0.250. The number of amides is 1. The monoisotopic (exact) mass is 400 g/mol. The maximum absolute atomic E-state index is 12.2. The Labute approximate surface area is 168 Å². The van der Waals surface area contributed by atoms with Crippen LogP contribution in [0.4, 0.5) is 0 Å². The second-order valence-electron chi connectivity index (χ2n) is 6.28. The normalized spacial score (nSPS) is 12.0. The van der Waals surface area contributed by atoms with E-state index in [1.54, 1.807) is 0 Å². The molecule has 1 heterocycles. The molecule has 0 aliphatic heterocycles. The van der Waals surface area contributed by atoms with E-state index in [2.05, 4.69) is 34.6 Å². The molecule has 1 N–H and O–H groups in total. The van der Waals surface area contributed by atoms with Crippen molar-refractivity contribution in [3.63, 3.8) is 0 Å². The summed E-state index contributed by atoms with van der Waals surface area (Å²) in [4.78, 5) is 12.2. The topological polar surface area (TPSA) is 59.8 Å². The van der Waals surface area contributed by atoms with Crippen molar-refractivity contribution in [1.82, 2.24) is 20.1 Å².